The fourth-order valence-electron chi connectivity index (χ4n) is 0.818. The first kappa shape index (κ1) is 8.52. The minimum atomic E-state index is -0.160. The molecule has 0 saturated heterocycles. The molecule has 0 radical (unpaired) electrons. The first-order chi connectivity index (χ1) is 5.77. The van der Waals surface area contributed by atoms with Gasteiger partial charge in [0.05, 0.1) is 7.11 Å². The first-order valence-electron chi connectivity index (χ1n) is 3.37. The Hall–Kier alpha value is -1.58. The maximum absolute atomic E-state index is 11.0. The van der Waals surface area contributed by atoms with Crippen molar-refractivity contribution in [2.45, 2.75) is 0 Å². The predicted molar refractivity (Wildman–Crippen MR) is 43.7 cm³/mol. The van der Waals surface area contributed by atoms with Gasteiger partial charge in [0.2, 0.25) is 5.78 Å². The van der Waals surface area contributed by atoms with Crippen molar-refractivity contribution >= 4 is 11.5 Å². The number of nitrogens with zero attached hydrogens (tertiary/aromatic N) is 1. The molecular weight excluding hydrogens is 158 g/mol. The Morgan fingerprint density at radius 3 is 2.67 bits per heavy atom. The van der Waals surface area contributed by atoms with Crippen LogP contribution in [-0.4, -0.2) is 25.7 Å². The molecule has 4 heteroatoms. The van der Waals surface area contributed by atoms with E-state index in [2.05, 4.69) is 9.99 Å². The van der Waals surface area contributed by atoms with Crippen molar-refractivity contribution in [1.82, 2.24) is 0 Å². The van der Waals surface area contributed by atoms with Crippen molar-refractivity contribution in [3.05, 3.63) is 24.0 Å². The normalized spacial score (nSPS) is 19.3. The molecule has 0 aromatic carbocycles. The molecular formula is C8H9NO3. The van der Waals surface area contributed by atoms with Gasteiger partial charge in [-0.05, 0) is 12.2 Å². The zero-order valence-corrected chi connectivity index (χ0v) is 6.90. The summed E-state index contributed by atoms with van der Waals surface area (Å²) >= 11 is 0. The number of hydrogen-bond donors (Lipinski definition) is 0. The molecule has 0 spiro atoms. The van der Waals surface area contributed by atoms with Gasteiger partial charge in [-0.2, -0.15) is 0 Å². The lowest BCUT2D eigenvalue weighted by Gasteiger charge is -2.05. The van der Waals surface area contributed by atoms with Gasteiger partial charge >= 0.3 is 0 Å². The number of allylic oxidation sites excluding steroid dienone is 3. The Morgan fingerprint density at radius 2 is 2.08 bits per heavy atom. The van der Waals surface area contributed by atoms with Crippen molar-refractivity contribution in [3.63, 3.8) is 0 Å². The second kappa shape index (κ2) is 3.71. The number of ketones is 1. The topological polar surface area (TPSA) is 47.9 Å². The average molecular weight is 167 g/mol. The third kappa shape index (κ3) is 1.72. The van der Waals surface area contributed by atoms with E-state index < -0.39 is 0 Å². The van der Waals surface area contributed by atoms with Crippen LogP contribution in [0.1, 0.15) is 0 Å². The zero-order chi connectivity index (χ0) is 8.97. The average Bonchev–Trinajstić information content (AvgIpc) is 2.09. The van der Waals surface area contributed by atoms with Crippen molar-refractivity contribution in [1.29, 1.82) is 0 Å². The number of hydrogen-bond acceptors (Lipinski definition) is 4. The molecule has 64 valence electrons. The summed E-state index contributed by atoms with van der Waals surface area (Å²) in [4.78, 5) is 15.5. The highest BCUT2D eigenvalue weighted by molar-refractivity contribution is 6.18. The van der Waals surface area contributed by atoms with E-state index in [1.54, 1.807) is 6.08 Å². The third-order valence-electron chi connectivity index (χ3n) is 1.34. The highest BCUT2D eigenvalue weighted by Gasteiger charge is 2.11. The van der Waals surface area contributed by atoms with Crippen LogP contribution in [0.2, 0.25) is 0 Å². The van der Waals surface area contributed by atoms with E-state index in [9.17, 15) is 4.79 Å². The van der Waals surface area contributed by atoms with Crippen LogP contribution >= 0.6 is 0 Å². The summed E-state index contributed by atoms with van der Waals surface area (Å²) in [5.41, 5.74) is 0.564. The molecule has 0 unspecified atom stereocenters. The molecule has 0 aromatic heterocycles. The molecule has 0 aromatic rings. The highest BCUT2D eigenvalue weighted by Crippen LogP contribution is 2.06. The van der Waals surface area contributed by atoms with Crippen LogP contribution in [0.3, 0.4) is 0 Å². The maximum Gasteiger partial charge on any atom is 0.220 e. The molecule has 4 nitrogen and oxygen atoms in total. The lowest BCUT2D eigenvalue weighted by Crippen LogP contribution is -2.09. The molecule has 0 atom stereocenters. The van der Waals surface area contributed by atoms with Crippen molar-refractivity contribution in [2.24, 2.45) is 5.16 Å². The Bertz CT molecular complexity index is 276. The zero-order valence-electron chi connectivity index (χ0n) is 6.90. The monoisotopic (exact) mass is 167 g/mol. The summed E-state index contributed by atoms with van der Waals surface area (Å²) in [6, 6.07) is 0. The molecule has 0 saturated carbocycles. The van der Waals surface area contributed by atoms with E-state index in [1.807, 2.05) is 0 Å². The lowest BCUT2D eigenvalue weighted by atomic mass is 10.1. The van der Waals surface area contributed by atoms with Crippen LogP contribution in [0.15, 0.2) is 29.1 Å². The lowest BCUT2D eigenvalue weighted by molar-refractivity contribution is -0.114. The Labute approximate surface area is 70.1 Å². The minimum Gasteiger partial charge on any atom is -0.493 e. The standard InChI is InChI=1S/C8H9NO3/c1-11-8-5-6(9-12-2)3-4-7(8)10/h3-5H,1-2H3/b9-6-. The second-order valence-corrected chi connectivity index (χ2v) is 2.11. The van der Waals surface area contributed by atoms with Crippen LogP contribution in [0.4, 0.5) is 0 Å². The maximum atomic E-state index is 11.0. The summed E-state index contributed by atoms with van der Waals surface area (Å²) in [7, 11) is 2.88. The molecule has 0 amide bonds. The largest absolute Gasteiger partial charge is 0.493 e. The van der Waals surface area contributed by atoms with E-state index in [1.165, 1.54) is 26.4 Å². The van der Waals surface area contributed by atoms with Crippen LogP contribution in [0.25, 0.3) is 0 Å². The predicted octanol–water partition coefficient (Wildman–Crippen LogP) is 0.658. The quantitative estimate of drug-likeness (QED) is 0.448. The Balaban J connectivity index is 2.86. The molecule has 0 bridgehead atoms. The van der Waals surface area contributed by atoms with Crippen LogP contribution in [-0.2, 0) is 14.4 Å². The molecule has 1 rings (SSSR count). The summed E-state index contributed by atoms with van der Waals surface area (Å²) in [6.45, 7) is 0. The van der Waals surface area contributed by atoms with Crippen molar-refractivity contribution in [2.75, 3.05) is 14.2 Å². The van der Waals surface area contributed by atoms with Crippen molar-refractivity contribution in [3.8, 4) is 0 Å². The van der Waals surface area contributed by atoms with Gasteiger partial charge in [0.15, 0.2) is 5.76 Å². The molecule has 0 N–H and O–H groups in total. The van der Waals surface area contributed by atoms with Crippen LogP contribution in [0.5, 0.6) is 0 Å². The van der Waals surface area contributed by atoms with Gasteiger partial charge in [0.1, 0.15) is 12.8 Å². The number of carbonyl (C=O) groups excluding carboxylic acids is 1. The molecule has 0 aliphatic heterocycles. The van der Waals surface area contributed by atoms with Crippen molar-refractivity contribution < 1.29 is 14.4 Å². The number of methoxy groups -OCH3 is 1. The Kier molecular flexibility index (Phi) is 2.63. The van der Waals surface area contributed by atoms with Gasteiger partial charge in [-0.1, -0.05) is 5.16 Å². The van der Waals surface area contributed by atoms with Gasteiger partial charge in [0.25, 0.3) is 0 Å². The first-order valence-corrected chi connectivity index (χ1v) is 3.37. The number of carbonyl (C=O) groups is 1. The fourth-order valence-corrected chi connectivity index (χ4v) is 0.818. The van der Waals surface area contributed by atoms with E-state index in [-0.39, 0.29) is 11.5 Å². The van der Waals surface area contributed by atoms with Gasteiger partial charge < -0.3 is 9.57 Å². The number of oxime groups is 1. The van der Waals surface area contributed by atoms with E-state index in [0.29, 0.717) is 5.71 Å². The van der Waals surface area contributed by atoms with Gasteiger partial charge in [-0.25, -0.2) is 0 Å². The highest BCUT2D eigenvalue weighted by atomic mass is 16.6. The minimum absolute atomic E-state index is 0.160. The molecule has 0 fully saturated rings. The number of ether oxygens (including phenoxy) is 1. The number of rotatable bonds is 2. The summed E-state index contributed by atoms with van der Waals surface area (Å²) in [5, 5.41) is 3.64. The second-order valence-electron chi connectivity index (χ2n) is 2.11. The fraction of sp³-hybridized carbons (Fsp3) is 0.250. The summed E-state index contributed by atoms with van der Waals surface area (Å²) < 4.78 is 4.80. The molecule has 0 heterocycles. The summed E-state index contributed by atoms with van der Waals surface area (Å²) in [5.74, 6) is 0.112. The van der Waals surface area contributed by atoms with Gasteiger partial charge in [0, 0.05) is 6.08 Å². The Morgan fingerprint density at radius 1 is 1.33 bits per heavy atom. The van der Waals surface area contributed by atoms with Crippen LogP contribution < -0.4 is 0 Å². The van der Waals surface area contributed by atoms with Gasteiger partial charge in [-0.15, -0.1) is 0 Å². The molecule has 12 heavy (non-hydrogen) atoms. The van der Waals surface area contributed by atoms with Gasteiger partial charge in [-0.3, -0.25) is 4.79 Å². The SMILES string of the molecule is CO/N=C1/C=CC(=O)C(OC)=C1. The van der Waals surface area contributed by atoms with E-state index in [0.717, 1.165) is 0 Å². The van der Waals surface area contributed by atoms with Crippen LogP contribution in [0, 0.1) is 0 Å². The molecule has 1 aliphatic carbocycles. The smallest absolute Gasteiger partial charge is 0.220 e. The third-order valence-corrected chi connectivity index (χ3v) is 1.34. The van der Waals surface area contributed by atoms with E-state index in [4.69, 9.17) is 4.74 Å². The molecule has 1 aliphatic rings. The van der Waals surface area contributed by atoms with E-state index >= 15 is 0 Å². The summed E-state index contributed by atoms with van der Waals surface area (Å²) in [6.07, 6.45) is 4.47.